The Balaban J connectivity index is 1.57. The third-order valence-corrected chi connectivity index (χ3v) is 4.90. The van der Waals surface area contributed by atoms with Gasteiger partial charge >= 0.3 is 0 Å². The van der Waals surface area contributed by atoms with Crippen molar-refractivity contribution in [3.63, 3.8) is 0 Å². The standard InChI is InChI=1S/C25H27N3O4S/c1-17(2)12-14-32-22-11-4-3-10-21(22)24(30)28-25(33)27-19-8-5-7-18(15-19)23(29)26-16-20-9-6-13-31-20/h3-11,13,15,17H,12,14,16H2,1-2H3,(H,26,29)(H2,27,28,30,33). The Morgan fingerprint density at radius 3 is 2.61 bits per heavy atom. The average Bonchev–Trinajstić information content (AvgIpc) is 3.31. The summed E-state index contributed by atoms with van der Waals surface area (Å²) < 4.78 is 11.0. The fourth-order valence-corrected chi connectivity index (χ4v) is 3.15. The first-order valence-corrected chi connectivity index (χ1v) is 11.1. The van der Waals surface area contributed by atoms with Crippen LogP contribution in [0.2, 0.25) is 0 Å². The van der Waals surface area contributed by atoms with E-state index in [1.54, 1.807) is 60.9 Å². The largest absolute Gasteiger partial charge is 0.493 e. The highest BCUT2D eigenvalue weighted by Gasteiger charge is 2.14. The molecule has 2 amide bonds. The van der Waals surface area contributed by atoms with Crippen LogP contribution in [0.5, 0.6) is 5.75 Å². The van der Waals surface area contributed by atoms with Crippen molar-refractivity contribution in [1.82, 2.24) is 10.6 Å². The lowest BCUT2D eigenvalue weighted by atomic mass is 10.1. The molecule has 0 aliphatic carbocycles. The Bertz CT molecular complexity index is 1100. The van der Waals surface area contributed by atoms with E-state index in [0.29, 0.717) is 40.8 Å². The number of hydrogen-bond acceptors (Lipinski definition) is 5. The summed E-state index contributed by atoms with van der Waals surface area (Å²) in [5.41, 5.74) is 1.42. The van der Waals surface area contributed by atoms with Crippen molar-refractivity contribution in [3.05, 3.63) is 83.8 Å². The third-order valence-electron chi connectivity index (χ3n) is 4.70. The molecule has 0 saturated heterocycles. The first kappa shape index (κ1) is 24.0. The van der Waals surface area contributed by atoms with E-state index in [4.69, 9.17) is 21.4 Å². The topological polar surface area (TPSA) is 92.6 Å². The second kappa shape index (κ2) is 11.8. The lowest BCUT2D eigenvalue weighted by Crippen LogP contribution is -2.34. The summed E-state index contributed by atoms with van der Waals surface area (Å²) in [5.74, 6) is 1.05. The molecule has 0 saturated carbocycles. The van der Waals surface area contributed by atoms with E-state index in [0.717, 1.165) is 6.42 Å². The summed E-state index contributed by atoms with van der Waals surface area (Å²) >= 11 is 5.29. The quantitative estimate of drug-likeness (QED) is 0.395. The van der Waals surface area contributed by atoms with Crippen molar-refractivity contribution in [2.45, 2.75) is 26.8 Å². The first-order valence-electron chi connectivity index (χ1n) is 10.7. The number of carbonyl (C=O) groups is 2. The van der Waals surface area contributed by atoms with Gasteiger partial charge < -0.3 is 19.8 Å². The molecule has 172 valence electrons. The fraction of sp³-hybridized carbons (Fsp3) is 0.240. The highest BCUT2D eigenvalue weighted by Crippen LogP contribution is 2.19. The number of para-hydroxylation sites is 1. The van der Waals surface area contributed by atoms with Gasteiger partial charge in [-0.15, -0.1) is 0 Å². The molecule has 0 unspecified atom stereocenters. The molecule has 1 heterocycles. The minimum Gasteiger partial charge on any atom is -0.493 e. The number of hydrogen-bond donors (Lipinski definition) is 3. The van der Waals surface area contributed by atoms with Gasteiger partial charge in [0.05, 0.1) is 25.0 Å². The van der Waals surface area contributed by atoms with E-state index in [1.165, 1.54) is 0 Å². The van der Waals surface area contributed by atoms with Crippen LogP contribution in [-0.2, 0) is 6.54 Å². The van der Waals surface area contributed by atoms with E-state index >= 15 is 0 Å². The van der Waals surface area contributed by atoms with E-state index in [9.17, 15) is 9.59 Å². The number of thiocarbonyl (C=S) groups is 1. The molecular weight excluding hydrogens is 438 g/mol. The lowest BCUT2D eigenvalue weighted by Gasteiger charge is -2.14. The van der Waals surface area contributed by atoms with Gasteiger partial charge in [0, 0.05) is 11.3 Å². The summed E-state index contributed by atoms with van der Waals surface area (Å²) in [6, 6.07) is 17.4. The fourth-order valence-electron chi connectivity index (χ4n) is 2.94. The van der Waals surface area contributed by atoms with E-state index in [-0.39, 0.29) is 23.5 Å². The number of ether oxygens (including phenoxy) is 1. The summed E-state index contributed by atoms with van der Waals surface area (Å²) in [7, 11) is 0. The van der Waals surface area contributed by atoms with Crippen LogP contribution in [0.1, 0.15) is 46.7 Å². The van der Waals surface area contributed by atoms with E-state index in [1.807, 2.05) is 6.07 Å². The summed E-state index contributed by atoms with van der Waals surface area (Å²) in [6.07, 6.45) is 2.44. The molecule has 3 N–H and O–H groups in total. The molecule has 0 aliphatic heterocycles. The zero-order valence-corrected chi connectivity index (χ0v) is 19.4. The maximum absolute atomic E-state index is 12.7. The summed E-state index contributed by atoms with van der Waals surface area (Å²) in [5, 5.41) is 8.51. The van der Waals surface area contributed by atoms with Gasteiger partial charge in [-0.05, 0) is 67.0 Å². The first-order chi connectivity index (χ1) is 15.9. The van der Waals surface area contributed by atoms with Crippen molar-refractivity contribution >= 4 is 34.8 Å². The SMILES string of the molecule is CC(C)CCOc1ccccc1C(=O)NC(=S)Nc1cccc(C(=O)NCc2ccco2)c1. The van der Waals surface area contributed by atoms with Gasteiger partial charge in [0.2, 0.25) is 0 Å². The number of furan rings is 1. The molecule has 0 fully saturated rings. The number of amides is 2. The molecule has 2 aromatic carbocycles. The average molecular weight is 466 g/mol. The van der Waals surface area contributed by atoms with Gasteiger partial charge in [0.25, 0.3) is 11.8 Å². The van der Waals surface area contributed by atoms with Crippen molar-refractivity contribution < 1.29 is 18.7 Å². The number of carbonyl (C=O) groups excluding carboxylic acids is 2. The van der Waals surface area contributed by atoms with Crippen molar-refractivity contribution in [1.29, 1.82) is 0 Å². The van der Waals surface area contributed by atoms with Crippen LogP contribution in [0.25, 0.3) is 0 Å². The third kappa shape index (κ3) is 7.47. The van der Waals surface area contributed by atoms with Crippen molar-refractivity contribution in [2.24, 2.45) is 5.92 Å². The van der Waals surface area contributed by atoms with Crippen LogP contribution in [0.3, 0.4) is 0 Å². The lowest BCUT2D eigenvalue weighted by molar-refractivity contribution is 0.0945. The van der Waals surface area contributed by atoms with Crippen LogP contribution in [0, 0.1) is 5.92 Å². The van der Waals surface area contributed by atoms with Gasteiger partial charge in [-0.2, -0.15) is 0 Å². The van der Waals surface area contributed by atoms with Crippen LogP contribution in [0.15, 0.2) is 71.3 Å². The van der Waals surface area contributed by atoms with Gasteiger partial charge in [0.15, 0.2) is 5.11 Å². The summed E-state index contributed by atoms with van der Waals surface area (Å²) in [6.45, 7) is 5.05. The normalized spacial score (nSPS) is 10.5. The van der Waals surface area contributed by atoms with Gasteiger partial charge in [0.1, 0.15) is 11.5 Å². The minimum atomic E-state index is -0.375. The zero-order chi connectivity index (χ0) is 23.6. The molecule has 8 heteroatoms. The molecule has 0 spiro atoms. The highest BCUT2D eigenvalue weighted by molar-refractivity contribution is 7.80. The van der Waals surface area contributed by atoms with Crippen LogP contribution in [-0.4, -0.2) is 23.5 Å². The molecule has 33 heavy (non-hydrogen) atoms. The molecule has 3 rings (SSSR count). The van der Waals surface area contributed by atoms with Crippen molar-refractivity contribution in [3.8, 4) is 5.75 Å². The monoisotopic (exact) mass is 465 g/mol. The second-order valence-electron chi connectivity index (χ2n) is 7.78. The molecule has 0 bridgehead atoms. The van der Waals surface area contributed by atoms with E-state index in [2.05, 4.69) is 29.8 Å². The Morgan fingerprint density at radius 1 is 1.03 bits per heavy atom. The van der Waals surface area contributed by atoms with Gasteiger partial charge in [-0.3, -0.25) is 14.9 Å². The number of benzene rings is 2. The van der Waals surface area contributed by atoms with Gasteiger partial charge in [-0.25, -0.2) is 0 Å². The maximum Gasteiger partial charge on any atom is 0.261 e. The second-order valence-corrected chi connectivity index (χ2v) is 8.19. The Labute approximate surface area is 198 Å². The Morgan fingerprint density at radius 2 is 1.85 bits per heavy atom. The van der Waals surface area contributed by atoms with Gasteiger partial charge in [-0.1, -0.05) is 32.0 Å². The number of anilines is 1. The van der Waals surface area contributed by atoms with Crippen molar-refractivity contribution in [2.75, 3.05) is 11.9 Å². The predicted octanol–water partition coefficient (Wildman–Crippen LogP) is 4.76. The number of nitrogens with one attached hydrogen (secondary N) is 3. The van der Waals surface area contributed by atoms with E-state index < -0.39 is 0 Å². The smallest absolute Gasteiger partial charge is 0.261 e. The minimum absolute atomic E-state index is 0.116. The molecule has 0 aliphatic rings. The van der Waals surface area contributed by atoms with Crippen LogP contribution < -0.4 is 20.7 Å². The maximum atomic E-state index is 12.7. The van der Waals surface area contributed by atoms with Crippen LogP contribution in [0.4, 0.5) is 5.69 Å². The number of rotatable bonds is 9. The molecule has 3 aromatic rings. The predicted molar refractivity (Wildman–Crippen MR) is 131 cm³/mol. The Hall–Kier alpha value is -3.65. The molecule has 7 nitrogen and oxygen atoms in total. The molecule has 0 atom stereocenters. The Kier molecular flexibility index (Phi) is 8.60. The zero-order valence-electron chi connectivity index (χ0n) is 18.6. The molecule has 1 aromatic heterocycles. The van der Waals surface area contributed by atoms with Crippen LogP contribution >= 0.6 is 12.2 Å². The molecule has 0 radical (unpaired) electrons. The highest BCUT2D eigenvalue weighted by atomic mass is 32.1. The molecular formula is C25H27N3O4S. The summed E-state index contributed by atoms with van der Waals surface area (Å²) in [4.78, 5) is 25.2.